The Hall–Kier alpha value is -2.41. The fourth-order valence-electron chi connectivity index (χ4n) is 2.02. The first-order chi connectivity index (χ1) is 11.3. The largest absolute Gasteiger partial charge is 0.496 e. The summed E-state index contributed by atoms with van der Waals surface area (Å²) in [5.41, 5.74) is -0.279. The Morgan fingerprint density at radius 2 is 1.92 bits per heavy atom. The van der Waals surface area contributed by atoms with Gasteiger partial charge in [-0.3, -0.25) is 0 Å². The summed E-state index contributed by atoms with van der Waals surface area (Å²) < 4.78 is 43.5. The van der Waals surface area contributed by atoms with Crippen molar-refractivity contribution in [1.29, 1.82) is 0 Å². The van der Waals surface area contributed by atoms with E-state index in [-0.39, 0.29) is 12.2 Å². The van der Waals surface area contributed by atoms with Gasteiger partial charge in [0.25, 0.3) is 0 Å². The summed E-state index contributed by atoms with van der Waals surface area (Å²) in [6.07, 6.45) is -4.59. The molecule has 0 heterocycles. The van der Waals surface area contributed by atoms with E-state index in [4.69, 9.17) is 16.3 Å². The van der Waals surface area contributed by atoms with Gasteiger partial charge in [0.1, 0.15) is 5.75 Å². The normalized spacial score (nSPS) is 11.0. The summed E-state index contributed by atoms with van der Waals surface area (Å²) in [4.78, 5) is 11.9. The van der Waals surface area contributed by atoms with Crippen LogP contribution in [0.4, 0.5) is 23.7 Å². The van der Waals surface area contributed by atoms with Crippen molar-refractivity contribution in [3.05, 3.63) is 58.6 Å². The van der Waals surface area contributed by atoms with Crippen molar-refractivity contribution >= 4 is 23.3 Å². The molecule has 0 spiro atoms. The molecule has 2 aromatic rings. The summed E-state index contributed by atoms with van der Waals surface area (Å²) in [6.45, 7) is 0.162. The van der Waals surface area contributed by atoms with Gasteiger partial charge in [-0.1, -0.05) is 29.8 Å². The van der Waals surface area contributed by atoms with Crippen molar-refractivity contribution in [3.8, 4) is 5.75 Å². The van der Waals surface area contributed by atoms with Crippen LogP contribution in [0.3, 0.4) is 0 Å². The number of rotatable bonds is 4. The van der Waals surface area contributed by atoms with Gasteiger partial charge in [0.2, 0.25) is 0 Å². The van der Waals surface area contributed by atoms with Crippen molar-refractivity contribution in [1.82, 2.24) is 5.32 Å². The van der Waals surface area contributed by atoms with E-state index in [0.717, 1.165) is 17.7 Å². The number of alkyl halides is 3. The molecule has 4 nitrogen and oxygen atoms in total. The quantitative estimate of drug-likeness (QED) is 0.833. The van der Waals surface area contributed by atoms with Crippen molar-refractivity contribution < 1.29 is 22.7 Å². The number of halogens is 4. The molecule has 0 aliphatic carbocycles. The number of carbonyl (C=O) groups excluding carboxylic acids is 1. The average molecular weight is 359 g/mol. The predicted octanol–water partition coefficient (Wildman–Crippen LogP) is 4.69. The first-order valence-corrected chi connectivity index (χ1v) is 7.22. The first-order valence-electron chi connectivity index (χ1n) is 6.84. The molecular weight excluding hydrogens is 345 g/mol. The number of methoxy groups -OCH3 is 1. The molecule has 0 fully saturated rings. The molecular formula is C16H14ClF3N2O2. The van der Waals surface area contributed by atoms with Crippen molar-refractivity contribution in [2.45, 2.75) is 12.7 Å². The lowest BCUT2D eigenvalue weighted by atomic mass is 10.2. The number of hydrogen-bond acceptors (Lipinski definition) is 2. The molecule has 2 aromatic carbocycles. The molecule has 0 aliphatic heterocycles. The number of benzene rings is 2. The van der Waals surface area contributed by atoms with Crippen molar-refractivity contribution in [2.24, 2.45) is 0 Å². The Bertz CT molecular complexity index is 736. The molecule has 24 heavy (non-hydrogen) atoms. The van der Waals surface area contributed by atoms with E-state index in [2.05, 4.69) is 10.6 Å². The topological polar surface area (TPSA) is 50.4 Å². The molecule has 0 saturated carbocycles. The molecule has 2 rings (SSSR count). The van der Waals surface area contributed by atoms with Gasteiger partial charge in [-0.2, -0.15) is 13.2 Å². The Morgan fingerprint density at radius 3 is 2.58 bits per heavy atom. The highest BCUT2D eigenvalue weighted by Gasteiger charge is 2.33. The summed E-state index contributed by atoms with van der Waals surface area (Å²) in [5, 5.41) is 4.46. The molecule has 2 amide bonds. The second kappa shape index (κ2) is 7.44. The van der Waals surface area contributed by atoms with Gasteiger partial charge in [-0.05, 0) is 24.3 Å². The number of nitrogens with one attached hydrogen (secondary N) is 2. The molecule has 2 N–H and O–H groups in total. The van der Waals surface area contributed by atoms with Crippen LogP contribution in [-0.4, -0.2) is 13.1 Å². The minimum Gasteiger partial charge on any atom is -0.496 e. The summed E-state index contributed by atoms with van der Waals surface area (Å²) >= 11 is 5.53. The highest BCUT2D eigenvalue weighted by molar-refractivity contribution is 6.31. The van der Waals surface area contributed by atoms with E-state index in [1.165, 1.54) is 13.2 Å². The number of urea groups is 1. The van der Waals surface area contributed by atoms with E-state index >= 15 is 0 Å². The molecule has 8 heteroatoms. The van der Waals surface area contributed by atoms with Gasteiger partial charge in [-0.15, -0.1) is 0 Å². The lowest BCUT2D eigenvalue weighted by molar-refractivity contribution is -0.137. The lowest BCUT2D eigenvalue weighted by Gasteiger charge is -2.13. The zero-order valence-electron chi connectivity index (χ0n) is 12.6. The smallest absolute Gasteiger partial charge is 0.417 e. The van der Waals surface area contributed by atoms with Crippen LogP contribution >= 0.6 is 11.6 Å². The van der Waals surface area contributed by atoms with Crippen LogP contribution in [0.15, 0.2) is 42.5 Å². The summed E-state index contributed by atoms with van der Waals surface area (Å²) in [7, 11) is 1.51. The zero-order chi connectivity index (χ0) is 17.7. The summed E-state index contributed by atoms with van der Waals surface area (Å²) in [5.74, 6) is 0.601. The molecule has 0 radical (unpaired) electrons. The third kappa shape index (κ3) is 4.55. The second-order valence-corrected chi connectivity index (χ2v) is 5.22. The minimum absolute atomic E-state index is 0.00995. The first kappa shape index (κ1) is 17.9. The van der Waals surface area contributed by atoms with Crippen molar-refractivity contribution in [3.63, 3.8) is 0 Å². The zero-order valence-corrected chi connectivity index (χ0v) is 13.3. The molecule has 0 bridgehead atoms. The number of amides is 2. The third-order valence-electron chi connectivity index (χ3n) is 3.16. The maximum absolute atomic E-state index is 12.8. The second-order valence-electron chi connectivity index (χ2n) is 4.81. The fraction of sp³-hybridized carbons (Fsp3) is 0.188. The van der Waals surface area contributed by atoms with E-state index in [9.17, 15) is 18.0 Å². The van der Waals surface area contributed by atoms with Crippen LogP contribution in [0, 0.1) is 0 Å². The van der Waals surface area contributed by atoms with Crippen LogP contribution in [0.1, 0.15) is 11.1 Å². The van der Waals surface area contributed by atoms with Gasteiger partial charge in [0, 0.05) is 17.8 Å². The van der Waals surface area contributed by atoms with Crippen LogP contribution in [0.25, 0.3) is 0 Å². The van der Waals surface area contributed by atoms with E-state index in [1.54, 1.807) is 24.3 Å². The maximum Gasteiger partial charge on any atom is 0.417 e. The number of anilines is 1. The number of ether oxygens (including phenoxy) is 1. The monoisotopic (exact) mass is 358 g/mol. The van der Waals surface area contributed by atoms with Gasteiger partial charge in [-0.25, -0.2) is 4.79 Å². The Kier molecular flexibility index (Phi) is 5.56. The summed E-state index contributed by atoms with van der Waals surface area (Å²) in [6, 6.07) is 9.59. The molecule has 128 valence electrons. The van der Waals surface area contributed by atoms with Crippen LogP contribution < -0.4 is 15.4 Å². The Balaban J connectivity index is 2.03. The molecule has 0 unspecified atom stereocenters. The van der Waals surface area contributed by atoms with Crippen LogP contribution in [-0.2, 0) is 12.7 Å². The number of carbonyl (C=O) groups is 1. The van der Waals surface area contributed by atoms with Gasteiger partial charge in [0.05, 0.1) is 17.7 Å². The molecule has 0 atom stereocenters. The van der Waals surface area contributed by atoms with Crippen LogP contribution in [0.2, 0.25) is 5.02 Å². The maximum atomic E-state index is 12.8. The van der Waals surface area contributed by atoms with E-state index in [1.807, 2.05) is 0 Å². The fourth-order valence-corrected chi connectivity index (χ4v) is 2.24. The van der Waals surface area contributed by atoms with Crippen LogP contribution in [0.5, 0.6) is 5.75 Å². The SMILES string of the molecule is COc1ccccc1CNC(=O)Nc1ccc(Cl)c(C(F)(F)F)c1. The highest BCUT2D eigenvalue weighted by atomic mass is 35.5. The average Bonchev–Trinajstić information content (AvgIpc) is 2.54. The Morgan fingerprint density at radius 1 is 1.21 bits per heavy atom. The van der Waals surface area contributed by atoms with Gasteiger partial charge in [0.15, 0.2) is 0 Å². The van der Waals surface area contributed by atoms with E-state index in [0.29, 0.717) is 5.75 Å². The highest BCUT2D eigenvalue weighted by Crippen LogP contribution is 2.36. The predicted molar refractivity (Wildman–Crippen MR) is 85.3 cm³/mol. The molecule has 0 aromatic heterocycles. The lowest BCUT2D eigenvalue weighted by Crippen LogP contribution is -2.28. The number of para-hydroxylation sites is 1. The minimum atomic E-state index is -4.59. The standard InChI is InChI=1S/C16H14ClF3N2O2/c1-24-14-5-3-2-4-10(14)9-21-15(23)22-11-6-7-13(17)12(8-11)16(18,19)20/h2-8H,9H2,1H3,(H2,21,22,23). The molecule has 0 saturated heterocycles. The van der Waals surface area contributed by atoms with Crippen molar-refractivity contribution in [2.75, 3.05) is 12.4 Å². The third-order valence-corrected chi connectivity index (χ3v) is 3.49. The van der Waals surface area contributed by atoms with Gasteiger partial charge < -0.3 is 15.4 Å². The van der Waals surface area contributed by atoms with Gasteiger partial charge >= 0.3 is 12.2 Å². The van der Waals surface area contributed by atoms with E-state index < -0.39 is 22.8 Å². The number of hydrogen-bond donors (Lipinski definition) is 2. The Labute approximate surface area is 141 Å². The molecule has 0 aliphatic rings.